The summed E-state index contributed by atoms with van der Waals surface area (Å²) in [5, 5.41) is 10.3. The van der Waals surface area contributed by atoms with Crippen LogP contribution >= 0.6 is 11.3 Å². The van der Waals surface area contributed by atoms with Gasteiger partial charge in [-0.05, 0) is 29.2 Å². The molecule has 4 aromatic carbocycles. The second-order valence-electron chi connectivity index (χ2n) is 8.93. The monoisotopic (exact) mass is 547 g/mol. The maximum absolute atomic E-state index is 12.9. The predicted molar refractivity (Wildman–Crippen MR) is 159 cm³/mol. The maximum atomic E-state index is 12.9. The van der Waals surface area contributed by atoms with Gasteiger partial charge in [0.05, 0.1) is 6.61 Å². The molecule has 0 aliphatic rings. The molecule has 40 heavy (non-hydrogen) atoms. The van der Waals surface area contributed by atoms with Crippen LogP contribution in [0.2, 0.25) is 0 Å². The zero-order chi connectivity index (χ0) is 27.6. The summed E-state index contributed by atoms with van der Waals surface area (Å²) in [5.74, 6) is -0.590. The number of carbonyl (C=O) groups excluding carboxylic acids is 1. The van der Waals surface area contributed by atoms with Gasteiger partial charge in [-0.2, -0.15) is 0 Å². The van der Waals surface area contributed by atoms with Crippen molar-refractivity contribution < 1.29 is 14.4 Å². The SMILES string of the molecule is CCOC(=O)C(=NOCc1ccccc1)c1csc(NC(c2ccccc2)(c2ccccc2)c2ccccc2)n1. The van der Waals surface area contributed by atoms with Gasteiger partial charge in [-0.3, -0.25) is 0 Å². The Morgan fingerprint density at radius 3 is 1.80 bits per heavy atom. The molecule has 0 radical (unpaired) electrons. The summed E-state index contributed by atoms with van der Waals surface area (Å²) >= 11 is 1.39. The predicted octanol–water partition coefficient (Wildman–Crippen LogP) is 7.03. The molecule has 0 spiro atoms. The molecular weight excluding hydrogens is 518 g/mol. The highest BCUT2D eigenvalue weighted by Gasteiger charge is 2.37. The van der Waals surface area contributed by atoms with E-state index >= 15 is 0 Å². The Morgan fingerprint density at radius 2 is 1.30 bits per heavy atom. The Balaban J connectivity index is 1.54. The summed E-state index contributed by atoms with van der Waals surface area (Å²) in [4.78, 5) is 23.2. The highest BCUT2D eigenvalue weighted by molar-refractivity contribution is 7.14. The van der Waals surface area contributed by atoms with E-state index in [0.717, 1.165) is 22.3 Å². The van der Waals surface area contributed by atoms with Gasteiger partial charge in [-0.25, -0.2) is 9.78 Å². The second-order valence-corrected chi connectivity index (χ2v) is 9.79. The summed E-state index contributed by atoms with van der Waals surface area (Å²) < 4.78 is 5.27. The van der Waals surface area contributed by atoms with Crippen molar-refractivity contribution in [3.63, 3.8) is 0 Å². The van der Waals surface area contributed by atoms with Crippen LogP contribution in [0.15, 0.2) is 132 Å². The number of anilines is 1. The van der Waals surface area contributed by atoms with Crippen LogP contribution in [0.25, 0.3) is 0 Å². The number of aromatic nitrogens is 1. The number of hydrogen-bond acceptors (Lipinski definition) is 7. The zero-order valence-corrected chi connectivity index (χ0v) is 22.9. The fourth-order valence-corrected chi connectivity index (χ4v) is 5.27. The Hall–Kier alpha value is -4.75. The molecule has 1 heterocycles. The van der Waals surface area contributed by atoms with E-state index in [1.54, 1.807) is 12.3 Å². The number of thiazole rings is 1. The quantitative estimate of drug-likeness (QED) is 0.0832. The first-order valence-electron chi connectivity index (χ1n) is 13.0. The summed E-state index contributed by atoms with van der Waals surface area (Å²) in [6.07, 6.45) is 0. The lowest BCUT2D eigenvalue weighted by molar-refractivity contribution is -0.135. The minimum Gasteiger partial charge on any atom is -0.461 e. The lowest BCUT2D eigenvalue weighted by Crippen LogP contribution is -2.38. The maximum Gasteiger partial charge on any atom is 0.362 e. The van der Waals surface area contributed by atoms with E-state index in [0.29, 0.717) is 10.8 Å². The molecule has 0 aliphatic heterocycles. The largest absolute Gasteiger partial charge is 0.461 e. The molecule has 5 rings (SSSR count). The molecule has 1 N–H and O–H groups in total. The molecule has 0 aliphatic carbocycles. The van der Waals surface area contributed by atoms with Crippen molar-refractivity contribution in [2.75, 3.05) is 11.9 Å². The molecule has 0 atom stereocenters. The van der Waals surface area contributed by atoms with E-state index in [1.165, 1.54) is 11.3 Å². The van der Waals surface area contributed by atoms with Crippen LogP contribution in [0.1, 0.15) is 34.9 Å². The molecule has 0 saturated heterocycles. The van der Waals surface area contributed by atoms with Gasteiger partial charge in [0.2, 0.25) is 5.71 Å². The van der Waals surface area contributed by atoms with Crippen LogP contribution in [0.5, 0.6) is 0 Å². The van der Waals surface area contributed by atoms with Crippen LogP contribution in [0.3, 0.4) is 0 Å². The Kier molecular flexibility index (Phi) is 8.63. The number of rotatable bonds is 11. The third-order valence-corrected chi connectivity index (χ3v) is 7.12. The number of ether oxygens (including phenoxy) is 1. The average molecular weight is 548 g/mol. The van der Waals surface area contributed by atoms with Crippen LogP contribution in [0, 0.1) is 0 Å². The van der Waals surface area contributed by atoms with Gasteiger partial charge in [0, 0.05) is 5.38 Å². The third kappa shape index (κ3) is 5.95. The van der Waals surface area contributed by atoms with Gasteiger partial charge in [-0.15, -0.1) is 11.3 Å². The zero-order valence-electron chi connectivity index (χ0n) is 22.1. The minimum atomic E-state index is -0.746. The van der Waals surface area contributed by atoms with Gasteiger partial charge in [0.1, 0.15) is 17.8 Å². The molecule has 0 fully saturated rings. The van der Waals surface area contributed by atoms with Crippen molar-refractivity contribution in [2.24, 2.45) is 5.16 Å². The number of benzene rings is 4. The second kappa shape index (κ2) is 12.9. The number of oxime groups is 1. The fraction of sp³-hybridized carbons (Fsp3) is 0.121. The normalized spacial score (nSPS) is 11.6. The highest BCUT2D eigenvalue weighted by Crippen LogP contribution is 2.40. The number of nitrogens with zero attached hydrogens (tertiary/aromatic N) is 2. The Morgan fingerprint density at radius 1 is 0.800 bits per heavy atom. The lowest BCUT2D eigenvalue weighted by Gasteiger charge is -2.36. The molecule has 0 saturated carbocycles. The molecule has 7 heteroatoms. The molecule has 200 valence electrons. The van der Waals surface area contributed by atoms with E-state index in [2.05, 4.69) is 46.9 Å². The van der Waals surface area contributed by atoms with Crippen LogP contribution in [0.4, 0.5) is 5.13 Å². The summed E-state index contributed by atoms with van der Waals surface area (Å²) in [5.41, 5.74) is 3.74. The first-order chi connectivity index (χ1) is 19.7. The molecule has 0 bridgehead atoms. The van der Waals surface area contributed by atoms with Gasteiger partial charge in [-0.1, -0.05) is 126 Å². The summed E-state index contributed by atoms with van der Waals surface area (Å²) in [6.45, 7) is 2.19. The fourth-order valence-electron chi connectivity index (χ4n) is 4.51. The molecule has 6 nitrogen and oxygen atoms in total. The molecule has 0 amide bonds. The number of hydrogen-bond donors (Lipinski definition) is 1. The first kappa shape index (κ1) is 26.8. The highest BCUT2D eigenvalue weighted by atomic mass is 32.1. The number of esters is 1. The van der Waals surface area contributed by atoms with Crippen LogP contribution in [-0.2, 0) is 26.5 Å². The summed E-state index contributed by atoms with van der Waals surface area (Å²) in [7, 11) is 0. The molecule has 0 unspecified atom stereocenters. The van der Waals surface area contributed by atoms with Crippen molar-refractivity contribution in [1.82, 2.24) is 4.98 Å². The van der Waals surface area contributed by atoms with Crippen molar-refractivity contribution in [3.05, 3.63) is 155 Å². The van der Waals surface area contributed by atoms with E-state index in [9.17, 15) is 4.79 Å². The third-order valence-electron chi connectivity index (χ3n) is 6.36. The molecular formula is C33H29N3O3S. The van der Waals surface area contributed by atoms with E-state index in [4.69, 9.17) is 14.6 Å². The molecule has 1 aromatic heterocycles. The van der Waals surface area contributed by atoms with Crippen molar-refractivity contribution >= 4 is 28.1 Å². The van der Waals surface area contributed by atoms with E-state index < -0.39 is 11.5 Å². The van der Waals surface area contributed by atoms with Crippen molar-refractivity contribution in [1.29, 1.82) is 0 Å². The van der Waals surface area contributed by atoms with E-state index in [-0.39, 0.29) is 18.9 Å². The molecule has 5 aromatic rings. The van der Waals surface area contributed by atoms with Gasteiger partial charge in [0.15, 0.2) is 5.13 Å². The van der Waals surface area contributed by atoms with E-state index in [1.807, 2.05) is 84.9 Å². The van der Waals surface area contributed by atoms with Crippen LogP contribution in [-0.4, -0.2) is 23.3 Å². The first-order valence-corrected chi connectivity index (χ1v) is 13.9. The topological polar surface area (TPSA) is 72.8 Å². The number of carbonyl (C=O) groups is 1. The van der Waals surface area contributed by atoms with Crippen molar-refractivity contribution in [2.45, 2.75) is 19.1 Å². The Bertz CT molecular complexity index is 1440. The number of nitrogens with one attached hydrogen (secondary N) is 1. The van der Waals surface area contributed by atoms with Gasteiger partial charge >= 0.3 is 5.97 Å². The van der Waals surface area contributed by atoms with Crippen LogP contribution < -0.4 is 5.32 Å². The average Bonchev–Trinajstić information content (AvgIpc) is 3.48. The lowest BCUT2D eigenvalue weighted by atomic mass is 9.77. The van der Waals surface area contributed by atoms with Gasteiger partial charge < -0.3 is 14.9 Å². The summed E-state index contributed by atoms with van der Waals surface area (Å²) in [6, 6.07) is 40.4. The smallest absolute Gasteiger partial charge is 0.362 e. The van der Waals surface area contributed by atoms with Gasteiger partial charge in [0.25, 0.3) is 0 Å². The standard InChI is InChI=1S/C33H29N3O3S/c1-2-38-31(37)30(36-39-23-25-15-7-3-8-16-25)29-24-40-32(34-29)35-33(26-17-9-4-10-18-26,27-19-11-5-12-20-27)28-21-13-6-14-22-28/h3-22,24H,2,23H2,1H3,(H,34,35). The minimum absolute atomic E-state index is 0.0202. The Labute approximate surface area is 237 Å². The van der Waals surface area contributed by atoms with Crippen molar-refractivity contribution in [3.8, 4) is 0 Å².